The van der Waals surface area contributed by atoms with Gasteiger partial charge in [0.15, 0.2) is 5.82 Å². The van der Waals surface area contributed by atoms with Crippen molar-refractivity contribution in [2.45, 2.75) is 51.1 Å². The first-order chi connectivity index (χ1) is 17.1. The van der Waals surface area contributed by atoms with Crippen molar-refractivity contribution in [1.82, 2.24) is 20.2 Å². The van der Waals surface area contributed by atoms with Crippen LogP contribution >= 0.6 is 11.6 Å². The second-order valence-corrected chi connectivity index (χ2v) is 10.0. The molecule has 1 aromatic heterocycles. The fourth-order valence-corrected chi connectivity index (χ4v) is 5.73. The molecular weight excluding hydrogens is 460 g/mol. The molecular formula is C27H29ClN6O. The number of amides is 1. The number of halogens is 1. The van der Waals surface area contributed by atoms with Crippen LogP contribution in [0.25, 0.3) is 0 Å². The minimum Gasteiger partial charge on any atom is -0.348 e. The normalized spacial score (nSPS) is 19.6. The van der Waals surface area contributed by atoms with E-state index in [2.05, 4.69) is 49.0 Å². The fraction of sp³-hybridized carbons (Fsp3) is 0.370. The summed E-state index contributed by atoms with van der Waals surface area (Å²) in [6, 6.07) is 13.0. The smallest absolute Gasteiger partial charge is 0.254 e. The quantitative estimate of drug-likeness (QED) is 0.428. The Morgan fingerprint density at radius 2 is 1.83 bits per heavy atom. The number of hydrogen-bond acceptors (Lipinski definition) is 6. The van der Waals surface area contributed by atoms with Gasteiger partial charge in [-0.3, -0.25) is 4.79 Å². The van der Waals surface area contributed by atoms with Crippen LogP contribution in [0.15, 0.2) is 42.6 Å². The maximum atomic E-state index is 12.3. The fourth-order valence-electron chi connectivity index (χ4n) is 5.60. The molecule has 1 aliphatic carbocycles. The van der Waals surface area contributed by atoms with Crippen LogP contribution < -0.4 is 16.0 Å². The van der Waals surface area contributed by atoms with E-state index in [0.717, 1.165) is 24.1 Å². The zero-order chi connectivity index (χ0) is 23.8. The predicted molar refractivity (Wildman–Crippen MR) is 139 cm³/mol. The monoisotopic (exact) mass is 488 g/mol. The highest BCUT2D eigenvalue weighted by atomic mass is 35.5. The number of aromatic nitrogens is 2. The molecule has 180 valence electrons. The van der Waals surface area contributed by atoms with Gasteiger partial charge in [-0.05, 0) is 86.5 Å². The number of anilines is 4. The Kier molecular flexibility index (Phi) is 6.04. The lowest BCUT2D eigenvalue weighted by Crippen LogP contribution is -2.32. The average Bonchev–Trinajstić information content (AvgIpc) is 3.48. The van der Waals surface area contributed by atoms with Crippen LogP contribution in [0.2, 0.25) is 5.02 Å². The van der Waals surface area contributed by atoms with Gasteiger partial charge in [-0.2, -0.15) is 4.98 Å². The largest absolute Gasteiger partial charge is 0.348 e. The molecule has 1 fully saturated rings. The molecule has 0 spiro atoms. The van der Waals surface area contributed by atoms with E-state index in [1.807, 2.05) is 18.2 Å². The number of aryl methyl sites for hydroxylation is 2. The summed E-state index contributed by atoms with van der Waals surface area (Å²) in [6.45, 7) is 3.05. The summed E-state index contributed by atoms with van der Waals surface area (Å²) >= 11 is 6.40. The maximum Gasteiger partial charge on any atom is 0.254 e. The van der Waals surface area contributed by atoms with E-state index >= 15 is 0 Å². The molecule has 7 nitrogen and oxygen atoms in total. The molecule has 0 saturated carbocycles. The van der Waals surface area contributed by atoms with Crippen molar-refractivity contribution in [2.75, 3.05) is 23.7 Å². The van der Waals surface area contributed by atoms with Crippen molar-refractivity contribution >= 4 is 40.6 Å². The van der Waals surface area contributed by atoms with Crippen LogP contribution in [0.3, 0.4) is 0 Å². The summed E-state index contributed by atoms with van der Waals surface area (Å²) in [7, 11) is 0. The minimum atomic E-state index is -0.0939. The van der Waals surface area contributed by atoms with E-state index in [1.165, 1.54) is 49.9 Å². The number of nitrogens with zero attached hydrogens (tertiary/aromatic N) is 3. The van der Waals surface area contributed by atoms with Crippen molar-refractivity contribution in [3.05, 3.63) is 69.9 Å². The number of fused-ring (bicyclic) bond motifs is 2. The number of hydrogen-bond donors (Lipinski definition) is 3. The lowest BCUT2D eigenvalue weighted by molar-refractivity contribution is 0.0966. The highest BCUT2D eigenvalue weighted by Gasteiger charge is 2.25. The zero-order valence-corrected chi connectivity index (χ0v) is 20.4. The molecule has 8 heteroatoms. The van der Waals surface area contributed by atoms with Gasteiger partial charge in [0.05, 0.1) is 17.4 Å². The molecule has 1 amide bonds. The SMILES string of the molecule is O=C1NCc2cccc(Nc3nc(Nc4ccc5c(c4)CC[C@@H](N4CCCC4)CC5)ncc3Cl)c21. The van der Waals surface area contributed by atoms with Gasteiger partial charge in [-0.25, -0.2) is 4.98 Å². The molecule has 0 radical (unpaired) electrons. The summed E-state index contributed by atoms with van der Waals surface area (Å²) in [5.41, 5.74) is 6.11. The molecule has 2 aromatic carbocycles. The first-order valence-corrected chi connectivity index (χ1v) is 12.8. The molecule has 0 bridgehead atoms. The molecule has 2 aliphatic heterocycles. The van der Waals surface area contributed by atoms with E-state index in [4.69, 9.17) is 11.6 Å². The molecule has 3 aromatic rings. The van der Waals surface area contributed by atoms with Gasteiger partial charge in [-0.1, -0.05) is 29.8 Å². The van der Waals surface area contributed by atoms with E-state index < -0.39 is 0 Å². The standard InChI is InChI=1S/C27H29ClN6O/c28-22-16-30-27(33-25(22)32-23-5-3-4-19-15-29-26(35)24(19)23)31-20-9-6-17-7-10-21(11-8-18(17)14-20)34-12-1-2-13-34/h3-6,9,14,16,21H,1-2,7-8,10-13,15H2,(H,29,35)(H2,30,31,32,33)/t21-/m0/s1. The first kappa shape index (κ1) is 22.3. The topological polar surface area (TPSA) is 82.2 Å². The third-order valence-electron chi connectivity index (χ3n) is 7.43. The van der Waals surface area contributed by atoms with Crippen LogP contribution in [-0.4, -0.2) is 39.9 Å². The number of benzene rings is 2. The summed E-state index contributed by atoms with van der Waals surface area (Å²) in [5.74, 6) is 0.821. The molecule has 1 saturated heterocycles. The van der Waals surface area contributed by atoms with E-state index in [9.17, 15) is 4.79 Å². The Morgan fingerprint density at radius 1 is 1.00 bits per heavy atom. The van der Waals surface area contributed by atoms with Crippen molar-refractivity contribution in [3.8, 4) is 0 Å². The number of carbonyl (C=O) groups excluding carboxylic acids is 1. The van der Waals surface area contributed by atoms with Gasteiger partial charge < -0.3 is 20.9 Å². The predicted octanol–water partition coefficient (Wildman–Crippen LogP) is 5.20. The minimum absolute atomic E-state index is 0.0939. The van der Waals surface area contributed by atoms with Crippen molar-refractivity contribution in [1.29, 1.82) is 0 Å². The average molecular weight is 489 g/mol. The summed E-state index contributed by atoms with van der Waals surface area (Å²) < 4.78 is 0. The van der Waals surface area contributed by atoms with Crippen LogP contribution in [-0.2, 0) is 19.4 Å². The van der Waals surface area contributed by atoms with Crippen LogP contribution in [0.1, 0.15) is 52.7 Å². The Labute approximate surface area is 210 Å². The van der Waals surface area contributed by atoms with Crippen LogP contribution in [0.5, 0.6) is 0 Å². The summed E-state index contributed by atoms with van der Waals surface area (Å²) in [5, 5.41) is 9.82. The summed E-state index contributed by atoms with van der Waals surface area (Å²) in [6.07, 6.45) is 8.96. The maximum absolute atomic E-state index is 12.3. The van der Waals surface area contributed by atoms with Gasteiger partial charge in [0, 0.05) is 18.3 Å². The number of carbonyl (C=O) groups is 1. The van der Waals surface area contributed by atoms with Crippen molar-refractivity contribution in [3.63, 3.8) is 0 Å². The van der Waals surface area contributed by atoms with Gasteiger partial charge in [0.2, 0.25) is 5.95 Å². The zero-order valence-electron chi connectivity index (χ0n) is 19.6. The third kappa shape index (κ3) is 4.58. The molecule has 3 N–H and O–H groups in total. The van der Waals surface area contributed by atoms with Gasteiger partial charge in [0.25, 0.3) is 5.91 Å². The lowest BCUT2D eigenvalue weighted by Gasteiger charge is -2.25. The highest BCUT2D eigenvalue weighted by molar-refractivity contribution is 6.33. The molecule has 0 unspecified atom stereocenters. The Hall–Kier alpha value is -3.16. The van der Waals surface area contributed by atoms with Crippen LogP contribution in [0, 0.1) is 0 Å². The Balaban J connectivity index is 1.19. The second-order valence-electron chi connectivity index (χ2n) is 9.62. The van der Waals surface area contributed by atoms with Gasteiger partial charge in [-0.15, -0.1) is 0 Å². The highest BCUT2D eigenvalue weighted by Crippen LogP contribution is 2.31. The molecule has 1 atom stereocenters. The molecule has 3 heterocycles. The third-order valence-corrected chi connectivity index (χ3v) is 7.70. The van der Waals surface area contributed by atoms with Crippen molar-refractivity contribution in [2.24, 2.45) is 0 Å². The number of nitrogens with one attached hydrogen (secondary N) is 3. The van der Waals surface area contributed by atoms with E-state index in [-0.39, 0.29) is 5.91 Å². The van der Waals surface area contributed by atoms with Gasteiger partial charge >= 0.3 is 0 Å². The number of rotatable bonds is 5. The number of likely N-dealkylation sites (tertiary alicyclic amines) is 1. The van der Waals surface area contributed by atoms with E-state index in [0.29, 0.717) is 40.6 Å². The second kappa shape index (κ2) is 9.47. The Bertz CT molecular complexity index is 1270. The lowest BCUT2D eigenvalue weighted by atomic mass is 10.0. The first-order valence-electron chi connectivity index (χ1n) is 12.5. The molecule has 6 rings (SSSR count). The molecule has 35 heavy (non-hydrogen) atoms. The molecule has 3 aliphatic rings. The summed E-state index contributed by atoms with van der Waals surface area (Å²) in [4.78, 5) is 23.9. The van der Waals surface area contributed by atoms with Crippen molar-refractivity contribution < 1.29 is 4.79 Å². The Morgan fingerprint density at radius 3 is 2.69 bits per heavy atom. The van der Waals surface area contributed by atoms with Gasteiger partial charge in [0.1, 0.15) is 5.02 Å². The van der Waals surface area contributed by atoms with Crippen LogP contribution in [0.4, 0.5) is 23.1 Å². The van der Waals surface area contributed by atoms with E-state index in [1.54, 1.807) is 6.20 Å².